The van der Waals surface area contributed by atoms with Crippen LogP contribution in [-0.2, 0) is 0 Å². The Balaban J connectivity index is 1.72. The molecule has 2 unspecified atom stereocenters. The summed E-state index contributed by atoms with van der Waals surface area (Å²) in [5.74, 6) is 0.796. The van der Waals surface area contributed by atoms with E-state index in [-0.39, 0.29) is 24.1 Å². The molecule has 0 bridgehead atoms. The van der Waals surface area contributed by atoms with Gasteiger partial charge in [-0.05, 0) is 76.0 Å². The van der Waals surface area contributed by atoms with E-state index < -0.39 is 0 Å². The summed E-state index contributed by atoms with van der Waals surface area (Å²) < 4.78 is 0. The lowest BCUT2D eigenvalue weighted by atomic mass is 10.0. The quantitative estimate of drug-likeness (QED) is 0.527. The highest BCUT2D eigenvalue weighted by molar-refractivity contribution is 5.94. The highest BCUT2D eigenvalue weighted by atomic mass is 16.2. The number of anilines is 2. The summed E-state index contributed by atoms with van der Waals surface area (Å²) >= 11 is 0. The van der Waals surface area contributed by atoms with E-state index in [0.717, 1.165) is 36.9 Å². The Kier molecular flexibility index (Phi) is 7.17. The molecule has 1 aromatic rings. The molecule has 6 heteroatoms. The van der Waals surface area contributed by atoms with Crippen molar-refractivity contribution >= 4 is 23.4 Å². The van der Waals surface area contributed by atoms with E-state index in [9.17, 15) is 9.59 Å². The number of hydrogen-bond acceptors (Lipinski definition) is 2. The van der Waals surface area contributed by atoms with E-state index in [2.05, 4.69) is 52.2 Å². The molecule has 2 fully saturated rings. The number of carbonyl (C=O) groups is 2. The van der Waals surface area contributed by atoms with Crippen LogP contribution >= 0.6 is 0 Å². The summed E-state index contributed by atoms with van der Waals surface area (Å²) in [6.07, 6.45) is 4.30. The second-order valence-corrected chi connectivity index (χ2v) is 10.1. The summed E-state index contributed by atoms with van der Waals surface area (Å²) in [4.78, 5) is 30.1. The fourth-order valence-electron chi connectivity index (χ4n) is 3.92. The van der Waals surface area contributed by atoms with Crippen LogP contribution in [0.5, 0.6) is 0 Å². The number of aryl methyl sites for hydroxylation is 1. The molecule has 31 heavy (non-hydrogen) atoms. The molecule has 0 radical (unpaired) electrons. The molecule has 3 rings (SSSR count). The zero-order valence-electron chi connectivity index (χ0n) is 20.2. The van der Waals surface area contributed by atoms with Gasteiger partial charge >= 0.3 is 12.1 Å². The van der Waals surface area contributed by atoms with Crippen LogP contribution < -0.4 is 10.6 Å². The SMILES string of the molecule is Cc1ccc(NC(=O)N(C2CC2)C(C)C(C)C)cc1NC(=O)N(C1CC1)C(C)C(C)C. The van der Waals surface area contributed by atoms with Crippen molar-refractivity contribution in [2.24, 2.45) is 11.8 Å². The summed E-state index contributed by atoms with van der Waals surface area (Å²) in [5.41, 5.74) is 2.44. The number of benzene rings is 1. The summed E-state index contributed by atoms with van der Waals surface area (Å²) in [5, 5.41) is 6.18. The molecule has 172 valence electrons. The van der Waals surface area contributed by atoms with Crippen molar-refractivity contribution in [1.29, 1.82) is 0 Å². The second-order valence-electron chi connectivity index (χ2n) is 10.1. The van der Waals surface area contributed by atoms with Crippen molar-refractivity contribution in [3.63, 3.8) is 0 Å². The van der Waals surface area contributed by atoms with Gasteiger partial charge in [-0.3, -0.25) is 0 Å². The van der Waals surface area contributed by atoms with Crippen molar-refractivity contribution < 1.29 is 9.59 Å². The Morgan fingerprint density at radius 2 is 1.26 bits per heavy atom. The Labute approximate surface area is 187 Å². The van der Waals surface area contributed by atoms with Gasteiger partial charge in [-0.25, -0.2) is 9.59 Å². The molecule has 4 amide bonds. The zero-order valence-corrected chi connectivity index (χ0v) is 20.2. The Morgan fingerprint density at radius 1 is 0.806 bits per heavy atom. The average Bonchev–Trinajstić information content (AvgIpc) is 3.59. The summed E-state index contributed by atoms with van der Waals surface area (Å²) in [6, 6.07) is 6.66. The predicted molar refractivity (Wildman–Crippen MR) is 128 cm³/mol. The van der Waals surface area contributed by atoms with E-state index in [4.69, 9.17) is 0 Å². The molecule has 0 heterocycles. The lowest BCUT2D eigenvalue weighted by Gasteiger charge is -2.33. The number of nitrogens with one attached hydrogen (secondary N) is 2. The van der Waals surface area contributed by atoms with E-state index in [0.29, 0.717) is 29.6 Å². The monoisotopic (exact) mass is 428 g/mol. The molecule has 2 N–H and O–H groups in total. The van der Waals surface area contributed by atoms with Crippen molar-refractivity contribution in [3.05, 3.63) is 23.8 Å². The molecule has 0 saturated heterocycles. The minimum absolute atomic E-state index is 0.0525. The Morgan fingerprint density at radius 3 is 1.68 bits per heavy atom. The lowest BCUT2D eigenvalue weighted by molar-refractivity contribution is 0.169. The number of hydrogen-bond donors (Lipinski definition) is 2. The molecule has 0 aromatic heterocycles. The standard InChI is InChI=1S/C25H40N4O2/c1-15(2)18(6)28(21-10-11-21)24(30)26-20-9-8-17(5)23(14-20)27-25(31)29(22-12-13-22)19(7)16(3)4/h8-9,14-16,18-19,21-22H,10-13H2,1-7H3,(H,26,30)(H,27,31). The molecule has 2 aliphatic rings. The van der Waals surface area contributed by atoms with Crippen LogP contribution in [0.2, 0.25) is 0 Å². The second kappa shape index (κ2) is 9.49. The molecular formula is C25H40N4O2. The summed E-state index contributed by atoms with van der Waals surface area (Å²) in [7, 11) is 0. The van der Waals surface area contributed by atoms with E-state index in [1.165, 1.54) is 0 Å². The first-order valence-electron chi connectivity index (χ1n) is 11.9. The van der Waals surface area contributed by atoms with Gasteiger partial charge in [-0.1, -0.05) is 33.8 Å². The van der Waals surface area contributed by atoms with E-state index in [1.807, 2.05) is 34.9 Å². The van der Waals surface area contributed by atoms with Crippen LogP contribution in [0.1, 0.15) is 72.8 Å². The number of urea groups is 2. The third kappa shape index (κ3) is 5.72. The van der Waals surface area contributed by atoms with Crippen LogP contribution in [0.4, 0.5) is 21.0 Å². The highest BCUT2D eigenvalue weighted by Crippen LogP contribution is 2.33. The van der Waals surface area contributed by atoms with Gasteiger partial charge in [0.1, 0.15) is 0 Å². The average molecular weight is 429 g/mol. The van der Waals surface area contributed by atoms with Crippen LogP contribution in [-0.4, -0.2) is 46.0 Å². The van der Waals surface area contributed by atoms with Gasteiger partial charge in [0, 0.05) is 35.5 Å². The Bertz CT molecular complexity index is 799. The first-order valence-corrected chi connectivity index (χ1v) is 11.9. The Hall–Kier alpha value is -2.24. The van der Waals surface area contributed by atoms with Crippen molar-refractivity contribution in [1.82, 2.24) is 9.80 Å². The molecule has 2 atom stereocenters. The van der Waals surface area contributed by atoms with Crippen molar-refractivity contribution in [2.75, 3.05) is 10.6 Å². The third-order valence-corrected chi connectivity index (χ3v) is 6.89. The molecule has 0 spiro atoms. The van der Waals surface area contributed by atoms with E-state index >= 15 is 0 Å². The molecule has 6 nitrogen and oxygen atoms in total. The fourth-order valence-corrected chi connectivity index (χ4v) is 3.92. The van der Waals surface area contributed by atoms with Gasteiger partial charge in [-0.15, -0.1) is 0 Å². The van der Waals surface area contributed by atoms with E-state index in [1.54, 1.807) is 0 Å². The first kappa shape index (κ1) is 23.4. The van der Waals surface area contributed by atoms with Gasteiger partial charge in [-0.2, -0.15) is 0 Å². The largest absolute Gasteiger partial charge is 0.322 e. The van der Waals surface area contributed by atoms with Crippen LogP contribution in [0.15, 0.2) is 18.2 Å². The van der Waals surface area contributed by atoms with Gasteiger partial charge < -0.3 is 20.4 Å². The maximum Gasteiger partial charge on any atom is 0.322 e. The smallest absolute Gasteiger partial charge is 0.319 e. The fraction of sp³-hybridized carbons (Fsp3) is 0.680. The zero-order chi connectivity index (χ0) is 22.9. The number of carbonyl (C=O) groups excluding carboxylic acids is 2. The number of amides is 4. The van der Waals surface area contributed by atoms with Crippen LogP contribution in [0.25, 0.3) is 0 Å². The molecular weight excluding hydrogens is 388 g/mol. The lowest BCUT2D eigenvalue weighted by Crippen LogP contribution is -2.45. The van der Waals surface area contributed by atoms with Gasteiger partial charge in [0.15, 0.2) is 0 Å². The minimum Gasteiger partial charge on any atom is -0.319 e. The highest BCUT2D eigenvalue weighted by Gasteiger charge is 2.38. The maximum atomic E-state index is 13.1. The summed E-state index contributed by atoms with van der Waals surface area (Å²) in [6.45, 7) is 14.8. The van der Waals surface area contributed by atoms with Crippen LogP contribution in [0, 0.1) is 18.8 Å². The molecule has 2 saturated carbocycles. The van der Waals surface area contributed by atoms with Crippen LogP contribution in [0.3, 0.4) is 0 Å². The predicted octanol–water partition coefficient (Wildman–Crippen LogP) is 6.08. The third-order valence-electron chi connectivity index (χ3n) is 6.89. The molecule has 1 aromatic carbocycles. The van der Waals surface area contributed by atoms with Crippen molar-refractivity contribution in [2.45, 2.75) is 98.3 Å². The maximum absolute atomic E-state index is 13.1. The number of rotatable bonds is 8. The van der Waals surface area contributed by atoms with Gasteiger partial charge in [0.05, 0.1) is 0 Å². The first-order chi connectivity index (χ1) is 14.6. The topological polar surface area (TPSA) is 64.7 Å². The van der Waals surface area contributed by atoms with Crippen molar-refractivity contribution in [3.8, 4) is 0 Å². The number of nitrogens with zero attached hydrogens (tertiary/aromatic N) is 2. The minimum atomic E-state index is -0.0575. The molecule has 0 aliphatic heterocycles. The normalized spacial score (nSPS) is 18.0. The van der Waals surface area contributed by atoms with Gasteiger partial charge in [0.25, 0.3) is 0 Å². The molecule has 2 aliphatic carbocycles. The van der Waals surface area contributed by atoms with Gasteiger partial charge in [0.2, 0.25) is 0 Å².